The lowest BCUT2D eigenvalue weighted by atomic mass is 10.0. The van der Waals surface area contributed by atoms with Crippen molar-refractivity contribution in [3.05, 3.63) is 76.4 Å². The molecule has 0 bridgehead atoms. The lowest BCUT2D eigenvalue weighted by Crippen LogP contribution is -2.33. The van der Waals surface area contributed by atoms with E-state index in [1.807, 2.05) is 0 Å². The number of esters is 1. The molecule has 4 rings (SSSR count). The molecule has 2 aromatic carbocycles. The number of nitrogens with one attached hydrogen (secondary N) is 1. The highest BCUT2D eigenvalue weighted by Crippen LogP contribution is 2.36. The molecule has 0 saturated carbocycles. The maximum absolute atomic E-state index is 14.1. The highest BCUT2D eigenvalue weighted by Gasteiger charge is 2.35. The second-order valence-electron chi connectivity index (χ2n) is 10.3. The molecule has 1 saturated heterocycles. The number of ether oxygens (including phenoxy) is 1. The molecule has 2 atom stereocenters. The highest BCUT2D eigenvalue weighted by molar-refractivity contribution is 5.94. The molecule has 220 valence electrons. The van der Waals surface area contributed by atoms with E-state index in [1.165, 1.54) is 6.07 Å². The van der Waals surface area contributed by atoms with Gasteiger partial charge in [-0.15, -0.1) is 0 Å². The van der Waals surface area contributed by atoms with Crippen molar-refractivity contribution < 1.29 is 42.1 Å². The summed E-state index contributed by atoms with van der Waals surface area (Å²) in [7, 11) is 0. The molecule has 41 heavy (non-hydrogen) atoms. The van der Waals surface area contributed by atoms with Gasteiger partial charge in [0, 0.05) is 31.5 Å². The summed E-state index contributed by atoms with van der Waals surface area (Å²) in [5, 5.41) is 22.0. The zero-order chi connectivity index (χ0) is 29.9. The number of cyclic esters (lactones) is 1. The molecule has 8 nitrogen and oxygen atoms in total. The van der Waals surface area contributed by atoms with Crippen LogP contribution in [0.2, 0.25) is 0 Å². The molecule has 12 heteroatoms. The number of hydrogen-bond acceptors (Lipinski definition) is 6. The molecule has 0 radical (unpaired) electrons. The number of halogens is 4. The van der Waals surface area contributed by atoms with Crippen molar-refractivity contribution in [2.75, 3.05) is 0 Å². The van der Waals surface area contributed by atoms with Crippen molar-refractivity contribution in [3.8, 4) is 11.4 Å². The van der Waals surface area contributed by atoms with Crippen LogP contribution in [0, 0.1) is 5.82 Å². The van der Waals surface area contributed by atoms with E-state index in [-0.39, 0.29) is 62.0 Å². The third kappa shape index (κ3) is 7.12. The second-order valence-corrected chi connectivity index (χ2v) is 10.3. The molecule has 1 aliphatic heterocycles. The van der Waals surface area contributed by atoms with Crippen molar-refractivity contribution in [1.82, 2.24) is 14.9 Å². The molecule has 2 heterocycles. The van der Waals surface area contributed by atoms with Gasteiger partial charge in [0.15, 0.2) is 0 Å². The van der Waals surface area contributed by atoms with E-state index in [9.17, 15) is 37.4 Å². The number of aliphatic hydroxyl groups excluding tert-OH is 2. The summed E-state index contributed by atoms with van der Waals surface area (Å²) in [6.07, 6.45) is -6.17. The average molecular weight is 578 g/mol. The fourth-order valence-electron chi connectivity index (χ4n) is 4.89. The first-order valence-corrected chi connectivity index (χ1v) is 13.2. The summed E-state index contributed by atoms with van der Waals surface area (Å²) in [6.45, 7) is 3.73. The molecule has 1 aliphatic rings. The van der Waals surface area contributed by atoms with Gasteiger partial charge in [-0.3, -0.25) is 9.59 Å². The van der Waals surface area contributed by atoms with E-state index in [4.69, 9.17) is 4.74 Å². The van der Waals surface area contributed by atoms with Gasteiger partial charge >= 0.3 is 12.1 Å². The number of benzene rings is 2. The maximum Gasteiger partial charge on any atom is 0.419 e. The van der Waals surface area contributed by atoms with Crippen molar-refractivity contribution in [3.63, 3.8) is 0 Å². The molecular weight excluding hydrogens is 546 g/mol. The van der Waals surface area contributed by atoms with Crippen LogP contribution in [0.4, 0.5) is 17.6 Å². The Morgan fingerprint density at radius 3 is 2.46 bits per heavy atom. The molecule has 1 aromatic heterocycles. The Hall–Kier alpha value is -3.77. The molecule has 3 aromatic rings. The fourth-order valence-corrected chi connectivity index (χ4v) is 4.89. The number of nitrogens with zero attached hydrogens (tertiary/aromatic N) is 2. The zero-order valence-electron chi connectivity index (χ0n) is 22.5. The van der Waals surface area contributed by atoms with Gasteiger partial charge in [0.2, 0.25) is 0 Å². The van der Waals surface area contributed by atoms with E-state index >= 15 is 0 Å². The highest BCUT2D eigenvalue weighted by atomic mass is 19.4. The summed E-state index contributed by atoms with van der Waals surface area (Å²) in [5.41, 5.74) is 0.401. The Bertz CT molecular complexity index is 1400. The molecule has 0 spiro atoms. The number of imidazole rings is 1. The normalized spacial score (nSPS) is 17.5. The Kier molecular flexibility index (Phi) is 9.13. The summed E-state index contributed by atoms with van der Waals surface area (Å²) >= 11 is 0. The van der Waals surface area contributed by atoms with Gasteiger partial charge in [0.05, 0.1) is 30.4 Å². The third-order valence-corrected chi connectivity index (χ3v) is 6.87. The van der Waals surface area contributed by atoms with Crippen molar-refractivity contribution in [2.24, 2.45) is 0 Å². The number of carbonyl (C=O) groups excluding carboxylic acids is 2. The zero-order valence-corrected chi connectivity index (χ0v) is 22.5. The first-order chi connectivity index (χ1) is 19.4. The summed E-state index contributed by atoms with van der Waals surface area (Å²) in [4.78, 5) is 29.7. The molecule has 1 amide bonds. The lowest BCUT2D eigenvalue weighted by molar-refractivity contribution is -0.160. The standard InChI is InChI=1S/C29H31F4N3O5/c1-16(2)26-25(28(40)34-14-17-3-5-18(15-37)6-4-17)35-27(19-7-8-23(30)22(11-19)29(31,32)33)36(26)10-9-21-12-20(38)13-24(39)41-21/h3-8,11,16,20-21,37-38H,9-10,12-15H2,1-2H3,(H,34,40)/t20-,21-/m1/s1. The van der Waals surface area contributed by atoms with Gasteiger partial charge in [0.1, 0.15) is 23.4 Å². The minimum Gasteiger partial charge on any atom is -0.462 e. The summed E-state index contributed by atoms with van der Waals surface area (Å²) in [6, 6.07) is 9.47. The van der Waals surface area contributed by atoms with E-state index in [0.717, 1.165) is 5.56 Å². The minimum absolute atomic E-state index is 0.000496. The van der Waals surface area contributed by atoms with Gasteiger partial charge in [-0.2, -0.15) is 13.2 Å². The number of rotatable bonds is 9. The topological polar surface area (TPSA) is 114 Å². The van der Waals surface area contributed by atoms with Crippen LogP contribution in [-0.4, -0.2) is 43.8 Å². The third-order valence-electron chi connectivity index (χ3n) is 6.87. The first-order valence-electron chi connectivity index (χ1n) is 13.2. The van der Waals surface area contributed by atoms with Gasteiger partial charge in [-0.25, -0.2) is 9.37 Å². The van der Waals surface area contributed by atoms with Gasteiger partial charge in [0.25, 0.3) is 5.91 Å². The largest absolute Gasteiger partial charge is 0.462 e. The van der Waals surface area contributed by atoms with Crippen LogP contribution in [-0.2, 0) is 35.4 Å². The second kappa shape index (κ2) is 12.4. The molecule has 3 N–H and O–H groups in total. The van der Waals surface area contributed by atoms with E-state index in [2.05, 4.69) is 10.3 Å². The smallest absolute Gasteiger partial charge is 0.419 e. The number of aliphatic hydroxyl groups is 2. The quantitative estimate of drug-likeness (QED) is 0.251. The molecule has 0 unspecified atom stereocenters. The molecule has 1 fully saturated rings. The van der Waals surface area contributed by atoms with Gasteiger partial charge in [-0.05, 0) is 35.2 Å². The van der Waals surface area contributed by atoms with Crippen LogP contribution in [0.5, 0.6) is 0 Å². The molecule has 0 aliphatic carbocycles. The Labute approximate surface area is 234 Å². The predicted octanol–water partition coefficient (Wildman–Crippen LogP) is 4.71. The SMILES string of the molecule is CC(C)c1c(C(=O)NCc2ccc(CO)cc2)nc(-c2ccc(F)c(C(F)(F)F)c2)n1CC[C@@H]1C[C@@H](O)CC(=O)O1. The maximum atomic E-state index is 14.1. The minimum atomic E-state index is -4.95. The number of amides is 1. The van der Waals surface area contributed by atoms with Crippen LogP contribution in [0.3, 0.4) is 0 Å². The summed E-state index contributed by atoms with van der Waals surface area (Å²) < 4.78 is 61.7. The number of aromatic nitrogens is 2. The number of carbonyl (C=O) groups is 2. The van der Waals surface area contributed by atoms with Crippen molar-refractivity contribution >= 4 is 11.9 Å². The first kappa shape index (κ1) is 30.2. The van der Waals surface area contributed by atoms with Crippen LogP contribution in [0.15, 0.2) is 42.5 Å². The van der Waals surface area contributed by atoms with Crippen molar-refractivity contribution in [2.45, 2.75) is 77.1 Å². The van der Waals surface area contributed by atoms with Crippen LogP contribution < -0.4 is 5.32 Å². The predicted molar refractivity (Wildman–Crippen MR) is 140 cm³/mol. The fraction of sp³-hybridized carbons (Fsp3) is 0.414. The number of hydrogen-bond donors (Lipinski definition) is 3. The Morgan fingerprint density at radius 2 is 1.85 bits per heavy atom. The lowest BCUT2D eigenvalue weighted by Gasteiger charge is -2.26. The van der Waals surface area contributed by atoms with E-state index in [1.54, 1.807) is 42.7 Å². The van der Waals surface area contributed by atoms with Gasteiger partial charge in [-0.1, -0.05) is 38.1 Å². The van der Waals surface area contributed by atoms with Crippen molar-refractivity contribution in [1.29, 1.82) is 0 Å². The summed E-state index contributed by atoms with van der Waals surface area (Å²) in [5.74, 6) is -2.82. The van der Waals surface area contributed by atoms with E-state index < -0.39 is 41.6 Å². The monoisotopic (exact) mass is 577 g/mol. The Morgan fingerprint density at radius 1 is 1.17 bits per heavy atom. The Balaban J connectivity index is 1.72. The average Bonchev–Trinajstić information content (AvgIpc) is 3.30. The van der Waals surface area contributed by atoms with Gasteiger partial charge < -0.3 is 24.8 Å². The van der Waals surface area contributed by atoms with Crippen LogP contribution in [0.25, 0.3) is 11.4 Å². The van der Waals surface area contributed by atoms with E-state index in [0.29, 0.717) is 23.4 Å². The van der Waals surface area contributed by atoms with Crippen LogP contribution in [0.1, 0.15) is 71.9 Å². The van der Waals surface area contributed by atoms with Crippen LogP contribution >= 0.6 is 0 Å². The molecular formula is C29H31F4N3O5. The number of alkyl halides is 3.